The van der Waals surface area contributed by atoms with Crippen molar-refractivity contribution in [3.8, 4) is 0 Å². The third-order valence-corrected chi connectivity index (χ3v) is 6.94. The fourth-order valence-corrected chi connectivity index (χ4v) is 5.16. The molecule has 6 nitrogen and oxygen atoms in total. The van der Waals surface area contributed by atoms with Crippen LogP contribution in [0.3, 0.4) is 0 Å². The van der Waals surface area contributed by atoms with Crippen LogP contribution < -0.4 is 0 Å². The number of nitrogens with zero attached hydrogens (tertiary/aromatic N) is 3. The van der Waals surface area contributed by atoms with Crippen LogP contribution in [0.2, 0.25) is 0 Å². The average Bonchev–Trinajstić information content (AvgIpc) is 2.60. The van der Waals surface area contributed by atoms with Gasteiger partial charge in [0.1, 0.15) is 0 Å². The van der Waals surface area contributed by atoms with E-state index < -0.39 is 10.0 Å². The van der Waals surface area contributed by atoms with E-state index in [2.05, 4.69) is 18.7 Å². The predicted molar refractivity (Wildman–Crippen MR) is 106 cm³/mol. The Morgan fingerprint density at radius 2 is 1.81 bits per heavy atom. The lowest BCUT2D eigenvalue weighted by molar-refractivity contribution is -0.133. The van der Waals surface area contributed by atoms with Crippen molar-refractivity contribution in [2.24, 2.45) is 5.92 Å². The third-order valence-electron chi connectivity index (χ3n) is 5.60. The molecule has 0 unspecified atom stereocenters. The largest absolute Gasteiger partial charge is 0.341 e. The normalized spacial score (nSPS) is 23.0. The maximum absolute atomic E-state index is 12.5. The highest BCUT2D eigenvalue weighted by Gasteiger charge is 2.32. The number of hydrogen-bond donors (Lipinski definition) is 0. The van der Waals surface area contributed by atoms with Crippen LogP contribution in [0.5, 0.6) is 0 Å². The van der Waals surface area contributed by atoms with Gasteiger partial charge in [0.25, 0.3) is 0 Å². The van der Waals surface area contributed by atoms with Gasteiger partial charge in [0.2, 0.25) is 15.9 Å². The van der Waals surface area contributed by atoms with Crippen LogP contribution in [0.25, 0.3) is 0 Å². The summed E-state index contributed by atoms with van der Waals surface area (Å²) in [5.41, 5.74) is 0. The Bertz CT molecular complexity index is 544. The fraction of sp³-hybridized carbons (Fsp3) is 0.947. The molecule has 2 saturated heterocycles. The van der Waals surface area contributed by atoms with E-state index >= 15 is 0 Å². The van der Waals surface area contributed by atoms with E-state index in [1.54, 1.807) is 4.31 Å². The molecule has 0 aromatic rings. The molecule has 0 spiro atoms. The second-order valence-electron chi connectivity index (χ2n) is 8.34. The van der Waals surface area contributed by atoms with Gasteiger partial charge in [-0.2, -0.15) is 4.31 Å². The van der Waals surface area contributed by atoms with Crippen LogP contribution in [0.4, 0.5) is 0 Å². The molecule has 0 saturated carbocycles. The number of amides is 1. The monoisotopic (exact) mass is 387 g/mol. The number of carbonyl (C=O) groups excluding carboxylic acids is 1. The molecule has 152 valence electrons. The molecular formula is C19H37N3O3S. The SMILES string of the molecule is CC(C)CCC(=O)N1CCC[C@H](N(CCN2CCCCC2)S(C)(=O)=O)C1. The summed E-state index contributed by atoms with van der Waals surface area (Å²) in [6.45, 7) is 9.03. The Labute approximate surface area is 159 Å². The van der Waals surface area contributed by atoms with Crippen molar-refractivity contribution in [3.05, 3.63) is 0 Å². The summed E-state index contributed by atoms with van der Waals surface area (Å²) in [5.74, 6) is 0.685. The van der Waals surface area contributed by atoms with Gasteiger partial charge in [-0.25, -0.2) is 8.42 Å². The molecule has 0 aromatic heterocycles. The predicted octanol–water partition coefficient (Wildman–Crippen LogP) is 2.16. The summed E-state index contributed by atoms with van der Waals surface area (Å²) < 4.78 is 26.5. The Kier molecular flexibility index (Phi) is 8.36. The zero-order valence-electron chi connectivity index (χ0n) is 16.8. The van der Waals surface area contributed by atoms with Gasteiger partial charge in [-0.1, -0.05) is 20.3 Å². The molecule has 0 aromatic carbocycles. The van der Waals surface area contributed by atoms with E-state index in [-0.39, 0.29) is 11.9 Å². The van der Waals surface area contributed by atoms with Gasteiger partial charge >= 0.3 is 0 Å². The summed E-state index contributed by atoms with van der Waals surface area (Å²) >= 11 is 0. The minimum Gasteiger partial charge on any atom is -0.341 e. The average molecular weight is 388 g/mol. The van der Waals surface area contributed by atoms with E-state index in [1.165, 1.54) is 25.5 Å². The fourth-order valence-electron chi connectivity index (χ4n) is 4.03. The van der Waals surface area contributed by atoms with Crippen LogP contribution in [-0.2, 0) is 14.8 Å². The molecule has 1 amide bonds. The maximum Gasteiger partial charge on any atom is 0.222 e. The minimum absolute atomic E-state index is 0.0773. The molecule has 0 N–H and O–H groups in total. The molecule has 2 heterocycles. The number of carbonyl (C=O) groups is 1. The Hall–Kier alpha value is -0.660. The van der Waals surface area contributed by atoms with Gasteiger partial charge in [0, 0.05) is 38.6 Å². The quantitative estimate of drug-likeness (QED) is 0.640. The first-order valence-electron chi connectivity index (χ1n) is 10.2. The molecule has 2 aliphatic rings. The highest BCUT2D eigenvalue weighted by atomic mass is 32.2. The van der Waals surface area contributed by atoms with Gasteiger partial charge in [0.15, 0.2) is 0 Å². The number of rotatable bonds is 8. The van der Waals surface area contributed by atoms with E-state index in [9.17, 15) is 13.2 Å². The zero-order valence-corrected chi connectivity index (χ0v) is 17.6. The van der Waals surface area contributed by atoms with Crippen LogP contribution in [0.15, 0.2) is 0 Å². The molecule has 7 heteroatoms. The third kappa shape index (κ3) is 6.82. The molecule has 1 atom stereocenters. The van der Waals surface area contributed by atoms with Crippen molar-refractivity contribution in [3.63, 3.8) is 0 Å². The number of likely N-dealkylation sites (tertiary alicyclic amines) is 2. The summed E-state index contributed by atoms with van der Waals surface area (Å²) in [5, 5.41) is 0. The Morgan fingerprint density at radius 1 is 1.12 bits per heavy atom. The molecular weight excluding hydrogens is 350 g/mol. The zero-order chi connectivity index (χ0) is 19.2. The van der Waals surface area contributed by atoms with Gasteiger partial charge in [-0.05, 0) is 51.1 Å². The summed E-state index contributed by atoms with van der Waals surface area (Å²) in [7, 11) is -3.27. The minimum atomic E-state index is -3.27. The lowest BCUT2D eigenvalue weighted by atomic mass is 10.0. The van der Waals surface area contributed by atoms with E-state index in [4.69, 9.17) is 0 Å². The Morgan fingerprint density at radius 3 is 2.42 bits per heavy atom. The summed E-state index contributed by atoms with van der Waals surface area (Å²) in [6.07, 6.45) is 8.20. The number of piperidine rings is 2. The highest BCUT2D eigenvalue weighted by molar-refractivity contribution is 7.88. The van der Waals surface area contributed by atoms with Crippen molar-refractivity contribution < 1.29 is 13.2 Å². The molecule has 26 heavy (non-hydrogen) atoms. The van der Waals surface area contributed by atoms with Crippen molar-refractivity contribution in [1.82, 2.24) is 14.1 Å². The molecule has 0 bridgehead atoms. The topological polar surface area (TPSA) is 60.9 Å². The first kappa shape index (κ1) is 21.6. The molecule has 0 aliphatic carbocycles. The Balaban J connectivity index is 1.94. The van der Waals surface area contributed by atoms with E-state index in [0.717, 1.165) is 45.4 Å². The number of sulfonamides is 1. The van der Waals surface area contributed by atoms with E-state index in [0.29, 0.717) is 25.4 Å². The maximum atomic E-state index is 12.5. The van der Waals surface area contributed by atoms with Crippen LogP contribution in [-0.4, -0.2) is 80.0 Å². The first-order valence-corrected chi connectivity index (χ1v) is 12.1. The van der Waals surface area contributed by atoms with Crippen molar-refractivity contribution in [1.29, 1.82) is 0 Å². The van der Waals surface area contributed by atoms with E-state index in [1.807, 2.05) is 4.90 Å². The standard InChI is InChI=1S/C19H37N3O3S/c1-17(2)9-10-19(23)21-13-7-8-18(16-21)22(26(3,24)25)15-14-20-11-5-4-6-12-20/h17-18H,4-16H2,1-3H3/t18-/m0/s1. The number of hydrogen-bond acceptors (Lipinski definition) is 4. The first-order chi connectivity index (χ1) is 12.3. The summed E-state index contributed by atoms with van der Waals surface area (Å²) in [6, 6.07) is -0.0773. The summed E-state index contributed by atoms with van der Waals surface area (Å²) in [4.78, 5) is 16.7. The molecule has 0 radical (unpaired) electrons. The second kappa shape index (κ2) is 10.0. The second-order valence-corrected chi connectivity index (χ2v) is 10.3. The lowest BCUT2D eigenvalue weighted by Gasteiger charge is -2.39. The van der Waals surface area contributed by atoms with Gasteiger partial charge < -0.3 is 9.80 Å². The van der Waals surface area contributed by atoms with Crippen molar-refractivity contribution in [2.75, 3.05) is 45.5 Å². The lowest BCUT2D eigenvalue weighted by Crippen LogP contribution is -2.53. The van der Waals surface area contributed by atoms with Crippen LogP contribution in [0.1, 0.15) is 58.8 Å². The van der Waals surface area contributed by atoms with Crippen molar-refractivity contribution in [2.45, 2.75) is 64.8 Å². The van der Waals surface area contributed by atoms with Crippen molar-refractivity contribution >= 4 is 15.9 Å². The van der Waals surface area contributed by atoms with Gasteiger partial charge in [-0.3, -0.25) is 4.79 Å². The molecule has 2 aliphatic heterocycles. The van der Waals surface area contributed by atoms with Gasteiger partial charge in [-0.15, -0.1) is 0 Å². The smallest absolute Gasteiger partial charge is 0.222 e. The molecule has 2 fully saturated rings. The van der Waals surface area contributed by atoms with Crippen LogP contribution >= 0.6 is 0 Å². The van der Waals surface area contributed by atoms with Crippen LogP contribution in [0, 0.1) is 5.92 Å². The van der Waals surface area contributed by atoms with Gasteiger partial charge in [0.05, 0.1) is 6.26 Å². The molecule has 2 rings (SSSR count). The highest BCUT2D eigenvalue weighted by Crippen LogP contribution is 2.20.